The molecule has 0 spiro atoms. The second kappa shape index (κ2) is 5.38. The first kappa shape index (κ1) is 13.9. The molecule has 4 heteroatoms. The Kier molecular flexibility index (Phi) is 3.74. The summed E-state index contributed by atoms with van der Waals surface area (Å²) in [4.78, 5) is 26.2. The highest BCUT2D eigenvalue weighted by Crippen LogP contribution is 2.48. The summed E-state index contributed by atoms with van der Waals surface area (Å²) >= 11 is 0. The largest absolute Gasteiger partial charge is 0.345 e. The number of hydrogen-bond donors (Lipinski definition) is 1. The molecule has 112 valence electrons. The Labute approximate surface area is 121 Å². The third-order valence-electron chi connectivity index (χ3n) is 5.42. The average molecular weight is 278 g/mol. The van der Waals surface area contributed by atoms with Crippen molar-refractivity contribution in [2.24, 2.45) is 23.7 Å². The number of fused-ring (bicyclic) bond motifs is 2. The van der Waals surface area contributed by atoms with E-state index in [0.717, 1.165) is 24.8 Å². The standard InChI is InChI=1S/C16H26N2O2/c1-10(2)5-14-16(20)17-8-15(19)18(14)9-13-7-11-3-4-12(13)6-11/h10-14H,3-9H2,1-2H3,(H,17,20). The third-order valence-corrected chi connectivity index (χ3v) is 5.42. The molecule has 1 saturated heterocycles. The van der Waals surface area contributed by atoms with Crippen LogP contribution in [-0.2, 0) is 9.59 Å². The van der Waals surface area contributed by atoms with Gasteiger partial charge in [0, 0.05) is 6.54 Å². The van der Waals surface area contributed by atoms with Crippen LogP contribution in [-0.4, -0.2) is 35.8 Å². The maximum Gasteiger partial charge on any atom is 0.243 e. The van der Waals surface area contributed by atoms with Crippen molar-refractivity contribution in [1.29, 1.82) is 0 Å². The molecule has 2 saturated carbocycles. The SMILES string of the molecule is CC(C)CC1C(=O)NCC(=O)N1CC1CC2CCC1C2. The average Bonchev–Trinajstić information content (AvgIpc) is 3.00. The number of carbonyl (C=O) groups excluding carboxylic acids is 2. The van der Waals surface area contributed by atoms with Gasteiger partial charge in [0.05, 0.1) is 6.54 Å². The molecule has 1 heterocycles. The number of nitrogens with one attached hydrogen (secondary N) is 1. The summed E-state index contributed by atoms with van der Waals surface area (Å²) in [6.07, 6.45) is 6.11. The first-order chi connectivity index (χ1) is 9.54. The molecule has 2 aliphatic carbocycles. The van der Waals surface area contributed by atoms with Gasteiger partial charge in [-0.25, -0.2) is 0 Å². The van der Waals surface area contributed by atoms with E-state index in [-0.39, 0.29) is 24.4 Å². The van der Waals surface area contributed by atoms with Crippen molar-refractivity contribution in [3.63, 3.8) is 0 Å². The summed E-state index contributed by atoms with van der Waals surface area (Å²) < 4.78 is 0. The number of amides is 2. The van der Waals surface area contributed by atoms with E-state index >= 15 is 0 Å². The van der Waals surface area contributed by atoms with Gasteiger partial charge in [0.15, 0.2) is 0 Å². The molecule has 0 aromatic heterocycles. The maximum absolute atomic E-state index is 12.2. The van der Waals surface area contributed by atoms with Crippen LogP contribution >= 0.6 is 0 Å². The van der Waals surface area contributed by atoms with Gasteiger partial charge in [-0.05, 0) is 49.4 Å². The Bertz CT molecular complexity index is 407. The molecule has 2 amide bonds. The van der Waals surface area contributed by atoms with Gasteiger partial charge in [-0.15, -0.1) is 0 Å². The normalized spacial score (nSPS) is 36.9. The van der Waals surface area contributed by atoms with Gasteiger partial charge in [0.2, 0.25) is 11.8 Å². The van der Waals surface area contributed by atoms with Crippen LogP contribution in [0.4, 0.5) is 0 Å². The molecule has 0 aromatic carbocycles. The quantitative estimate of drug-likeness (QED) is 0.852. The van der Waals surface area contributed by atoms with Gasteiger partial charge < -0.3 is 10.2 Å². The van der Waals surface area contributed by atoms with Crippen LogP contribution in [0.5, 0.6) is 0 Å². The van der Waals surface area contributed by atoms with Crippen LogP contribution < -0.4 is 5.32 Å². The van der Waals surface area contributed by atoms with Crippen molar-refractivity contribution in [3.8, 4) is 0 Å². The molecule has 3 aliphatic rings. The minimum atomic E-state index is -0.240. The second-order valence-electron chi connectivity index (χ2n) is 7.34. The molecule has 4 atom stereocenters. The molecule has 0 aromatic rings. The lowest BCUT2D eigenvalue weighted by Gasteiger charge is -2.38. The Hall–Kier alpha value is -1.06. The van der Waals surface area contributed by atoms with Gasteiger partial charge >= 0.3 is 0 Å². The summed E-state index contributed by atoms with van der Waals surface area (Å²) in [5.41, 5.74) is 0. The van der Waals surface area contributed by atoms with Crippen LogP contribution in [0.1, 0.15) is 46.0 Å². The molecule has 4 nitrogen and oxygen atoms in total. The van der Waals surface area contributed by atoms with Gasteiger partial charge in [-0.2, -0.15) is 0 Å². The topological polar surface area (TPSA) is 49.4 Å². The predicted octanol–water partition coefficient (Wildman–Crippen LogP) is 1.80. The van der Waals surface area contributed by atoms with Crippen LogP contribution in [0.3, 0.4) is 0 Å². The molecule has 1 aliphatic heterocycles. The highest BCUT2D eigenvalue weighted by atomic mass is 16.2. The minimum absolute atomic E-state index is 0.0430. The Balaban J connectivity index is 1.70. The fourth-order valence-corrected chi connectivity index (χ4v) is 4.46. The molecule has 3 fully saturated rings. The van der Waals surface area contributed by atoms with Crippen LogP contribution in [0.25, 0.3) is 0 Å². The van der Waals surface area contributed by atoms with E-state index in [4.69, 9.17) is 0 Å². The lowest BCUT2D eigenvalue weighted by molar-refractivity contribution is -0.147. The number of piperazine rings is 1. The summed E-state index contributed by atoms with van der Waals surface area (Å²) in [7, 11) is 0. The zero-order valence-electron chi connectivity index (χ0n) is 12.6. The fourth-order valence-electron chi connectivity index (χ4n) is 4.46. The Morgan fingerprint density at radius 3 is 2.65 bits per heavy atom. The molecule has 0 radical (unpaired) electrons. The van der Waals surface area contributed by atoms with Crippen molar-refractivity contribution in [3.05, 3.63) is 0 Å². The van der Waals surface area contributed by atoms with E-state index in [1.165, 1.54) is 25.7 Å². The summed E-state index contributed by atoms with van der Waals surface area (Å²) in [5, 5.41) is 2.75. The van der Waals surface area contributed by atoms with E-state index in [2.05, 4.69) is 19.2 Å². The van der Waals surface area contributed by atoms with E-state index in [1.807, 2.05) is 4.90 Å². The van der Waals surface area contributed by atoms with Gasteiger partial charge in [-0.3, -0.25) is 9.59 Å². The number of nitrogens with zero attached hydrogens (tertiary/aromatic N) is 1. The van der Waals surface area contributed by atoms with E-state index in [0.29, 0.717) is 11.8 Å². The van der Waals surface area contributed by atoms with Crippen molar-refractivity contribution >= 4 is 11.8 Å². The lowest BCUT2D eigenvalue weighted by Crippen LogP contribution is -2.59. The summed E-state index contributed by atoms with van der Waals surface area (Å²) in [6.45, 7) is 5.23. The molecular formula is C16H26N2O2. The minimum Gasteiger partial charge on any atom is -0.345 e. The molecule has 2 bridgehead atoms. The van der Waals surface area contributed by atoms with E-state index < -0.39 is 0 Å². The monoisotopic (exact) mass is 278 g/mol. The van der Waals surface area contributed by atoms with Crippen molar-refractivity contribution in [2.75, 3.05) is 13.1 Å². The van der Waals surface area contributed by atoms with Gasteiger partial charge in [0.25, 0.3) is 0 Å². The first-order valence-electron chi connectivity index (χ1n) is 8.11. The number of rotatable bonds is 4. The van der Waals surface area contributed by atoms with Gasteiger partial charge in [-0.1, -0.05) is 20.3 Å². The summed E-state index contributed by atoms with van der Waals surface area (Å²) in [6, 6.07) is -0.240. The second-order valence-corrected chi connectivity index (χ2v) is 7.34. The van der Waals surface area contributed by atoms with E-state index in [1.54, 1.807) is 0 Å². The molecular weight excluding hydrogens is 252 g/mol. The predicted molar refractivity (Wildman–Crippen MR) is 76.9 cm³/mol. The van der Waals surface area contributed by atoms with Gasteiger partial charge in [0.1, 0.15) is 6.04 Å². The molecule has 20 heavy (non-hydrogen) atoms. The first-order valence-corrected chi connectivity index (χ1v) is 8.11. The molecule has 4 unspecified atom stereocenters. The van der Waals surface area contributed by atoms with Crippen molar-refractivity contribution < 1.29 is 9.59 Å². The van der Waals surface area contributed by atoms with Crippen LogP contribution in [0.2, 0.25) is 0 Å². The van der Waals surface area contributed by atoms with E-state index in [9.17, 15) is 9.59 Å². The smallest absolute Gasteiger partial charge is 0.243 e. The lowest BCUT2D eigenvalue weighted by atomic mass is 9.87. The number of hydrogen-bond acceptors (Lipinski definition) is 2. The zero-order valence-corrected chi connectivity index (χ0v) is 12.6. The zero-order chi connectivity index (χ0) is 14.3. The maximum atomic E-state index is 12.2. The molecule has 3 rings (SSSR count). The number of carbonyl (C=O) groups is 2. The molecule has 1 N–H and O–H groups in total. The third kappa shape index (κ3) is 2.57. The van der Waals surface area contributed by atoms with Crippen molar-refractivity contribution in [1.82, 2.24) is 10.2 Å². The van der Waals surface area contributed by atoms with Crippen LogP contribution in [0, 0.1) is 23.7 Å². The van der Waals surface area contributed by atoms with Crippen LogP contribution in [0.15, 0.2) is 0 Å². The fraction of sp³-hybridized carbons (Fsp3) is 0.875. The Morgan fingerprint density at radius 1 is 1.25 bits per heavy atom. The van der Waals surface area contributed by atoms with Crippen molar-refractivity contribution in [2.45, 2.75) is 52.0 Å². The highest BCUT2D eigenvalue weighted by Gasteiger charge is 2.43. The summed E-state index contributed by atoms with van der Waals surface area (Å²) in [5.74, 6) is 2.91. The Morgan fingerprint density at radius 2 is 2.05 bits per heavy atom. The highest BCUT2D eigenvalue weighted by molar-refractivity contribution is 5.94.